The van der Waals surface area contributed by atoms with Crippen LogP contribution in [0.25, 0.3) is 16.9 Å². The Morgan fingerprint density at radius 1 is 1.16 bits per heavy atom. The van der Waals surface area contributed by atoms with E-state index in [0.717, 1.165) is 5.69 Å². The van der Waals surface area contributed by atoms with E-state index in [1.807, 2.05) is 12.1 Å². The molecule has 0 bridgehead atoms. The van der Waals surface area contributed by atoms with Crippen LogP contribution in [-0.4, -0.2) is 25.3 Å². The van der Waals surface area contributed by atoms with Gasteiger partial charge in [-0.2, -0.15) is 0 Å². The average molecular weight is 273 g/mol. The lowest BCUT2D eigenvalue weighted by Gasteiger charge is -2.04. The van der Waals surface area contributed by atoms with Crippen molar-refractivity contribution < 1.29 is 4.79 Å². The topological polar surface area (TPSA) is 60.7 Å². The number of imidazole rings is 1. The molecule has 0 aliphatic carbocycles. The van der Waals surface area contributed by atoms with E-state index in [4.69, 9.17) is 11.6 Å². The van der Waals surface area contributed by atoms with Crippen LogP contribution >= 0.6 is 11.6 Å². The summed E-state index contributed by atoms with van der Waals surface area (Å²) in [6.45, 7) is 1.54. The number of fused-ring (bicyclic) bond motifs is 1. The first-order valence-electron chi connectivity index (χ1n) is 5.62. The van der Waals surface area contributed by atoms with Gasteiger partial charge in [-0.25, -0.2) is 15.0 Å². The Bertz CT molecular complexity index is 764. The van der Waals surface area contributed by atoms with Crippen LogP contribution < -0.4 is 0 Å². The lowest BCUT2D eigenvalue weighted by atomic mass is 10.1. The zero-order valence-corrected chi connectivity index (χ0v) is 10.8. The van der Waals surface area contributed by atoms with Crippen LogP contribution in [0.4, 0.5) is 0 Å². The molecule has 19 heavy (non-hydrogen) atoms. The molecule has 0 atom stereocenters. The smallest absolute Gasteiger partial charge is 0.169 e. The molecule has 0 saturated carbocycles. The van der Waals surface area contributed by atoms with Crippen LogP contribution in [0.5, 0.6) is 0 Å². The number of hydrogen-bond acceptors (Lipinski definition) is 4. The monoisotopic (exact) mass is 272 g/mol. The highest BCUT2D eigenvalue weighted by Gasteiger charge is 2.09. The molecule has 3 rings (SSSR count). The Kier molecular flexibility index (Phi) is 2.76. The average Bonchev–Trinajstić information content (AvgIpc) is 2.84. The molecule has 0 unspecified atom stereocenters. The molecule has 2 aromatic heterocycles. The van der Waals surface area contributed by atoms with E-state index in [9.17, 15) is 4.79 Å². The quantitative estimate of drug-likeness (QED) is 0.531. The third kappa shape index (κ3) is 1.98. The minimum absolute atomic E-state index is 0.0346. The normalized spacial score (nSPS) is 10.8. The molecule has 5 nitrogen and oxygen atoms in total. The van der Waals surface area contributed by atoms with E-state index in [2.05, 4.69) is 15.0 Å². The fraction of sp³-hybridized carbons (Fsp3) is 0.0769. The molecule has 3 aromatic rings. The summed E-state index contributed by atoms with van der Waals surface area (Å²) in [6.07, 6.45) is 3.03. The van der Waals surface area contributed by atoms with E-state index < -0.39 is 0 Å². The number of rotatable bonds is 2. The van der Waals surface area contributed by atoms with Crippen molar-refractivity contribution in [3.05, 3.63) is 47.6 Å². The second-order valence-electron chi connectivity index (χ2n) is 4.05. The summed E-state index contributed by atoms with van der Waals surface area (Å²) in [5.74, 6) is 0.0346. The number of benzene rings is 1. The zero-order chi connectivity index (χ0) is 13.4. The van der Waals surface area contributed by atoms with Crippen molar-refractivity contribution in [2.24, 2.45) is 0 Å². The predicted octanol–water partition coefficient (Wildman–Crippen LogP) is 2.67. The molecule has 6 heteroatoms. The molecule has 0 aliphatic heterocycles. The summed E-state index contributed by atoms with van der Waals surface area (Å²) < 4.78 is 1.80. The summed E-state index contributed by atoms with van der Waals surface area (Å²) in [6, 6.07) is 7.22. The molecular formula is C13H9ClN4O. The van der Waals surface area contributed by atoms with E-state index >= 15 is 0 Å². The standard InChI is InChI=1S/C13H9ClN4O/c1-8(19)9-2-4-10(5-3-9)18-7-17-11-12(14)15-6-16-13(11)18/h2-7H,1H3. The van der Waals surface area contributed by atoms with Gasteiger partial charge >= 0.3 is 0 Å². The Hall–Kier alpha value is -2.27. The van der Waals surface area contributed by atoms with Crippen LogP contribution in [-0.2, 0) is 0 Å². The SMILES string of the molecule is CC(=O)c1ccc(-n2cnc3c(Cl)ncnc32)cc1. The molecule has 94 valence electrons. The third-order valence-electron chi connectivity index (χ3n) is 2.84. The largest absolute Gasteiger partial charge is 0.295 e. The van der Waals surface area contributed by atoms with E-state index in [0.29, 0.717) is 21.9 Å². The Balaban J connectivity index is 2.14. The summed E-state index contributed by atoms with van der Waals surface area (Å²) in [5, 5.41) is 0.323. The molecule has 2 heterocycles. The number of carbonyl (C=O) groups excluding carboxylic acids is 1. The summed E-state index contributed by atoms with van der Waals surface area (Å²) >= 11 is 5.95. The van der Waals surface area contributed by atoms with Crippen LogP contribution in [0.15, 0.2) is 36.9 Å². The second kappa shape index (κ2) is 4.44. The maximum absolute atomic E-state index is 11.2. The number of carbonyl (C=O) groups is 1. The van der Waals surface area contributed by atoms with Gasteiger partial charge < -0.3 is 0 Å². The van der Waals surface area contributed by atoms with Gasteiger partial charge in [-0.05, 0) is 31.2 Å². The fourth-order valence-corrected chi connectivity index (χ4v) is 2.03. The van der Waals surface area contributed by atoms with E-state index in [1.165, 1.54) is 13.3 Å². The first kappa shape index (κ1) is 11.8. The van der Waals surface area contributed by atoms with Gasteiger partial charge in [0, 0.05) is 11.3 Å². The van der Waals surface area contributed by atoms with Gasteiger partial charge in [0.15, 0.2) is 16.6 Å². The van der Waals surface area contributed by atoms with E-state index in [-0.39, 0.29) is 5.78 Å². The Morgan fingerprint density at radius 2 is 1.89 bits per heavy atom. The van der Waals surface area contributed by atoms with Crippen LogP contribution in [0.2, 0.25) is 5.15 Å². The van der Waals surface area contributed by atoms with Crippen molar-refractivity contribution in [1.82, 2.24) is 19.5 Å². The minimum Gasteiger partial charge on any atom is -0.295 e. The van der Waals surface area contributed by atoms with Crippen LogP contribution in [0.1, 0.15) is 17.3 Å². The van der Waals surface area contributed by atoms with Gasteiger partial charge in [-0.3, -0.25) is 9.36 Å². The highest BCUT2D eigenvalue weighted by atomic mass is 35.5. The molecule has 0 amide bonds. The summed E-state index contributed by atoms with van der Waals surface area (Å²) in [5.41, 5.74) is 2.72. The van der Waals surface area contributed by atoms with Crippen molar-refractivity contribution in [3.8, 4) is 5.69 Å². The van der Waals surface area contributed by atoms with Crippen molar-refractivity contribution in [2.45, 2.75) is 6.92 Å². The lowest BCUT2D eigenvalue weighted by molar-refractivity contribution is 0.101. The van der Waals surface area contributed by atoms with Crippen LogP contribution in [0.3, 0.4) is 0 Å². The maximum Gasteiger partial charge on any atom is 0.169 e. The number of halogens is 1. The van der Waals surface area contributed by atoms with Crippen molar-refractivity contribution >= 4 is 28.5 Å². The number of nitrogens with zero attached hydrogens (tertiary/aromatic N) is 4. The van der Waals surface area contributed by atoms with Crippen LogP contribution in [0, 0.1) is 0 Å². The molecule has 0 N–H and O–H groups in total. The Labute approximate surface area is 113 Å². The minimum atomic E-state index is 0.0346. The fourth-order valence-electron chi connectivity index (χ4n) is 1.85. The van der Waals surface area contributed by atoms with E-state index in [1.54, 1.807) is 23.0 Å². The third-order valence-corrected chi connectivity index (χ3v) is 3.12. The molecule has 0 saturated heterocycles. The molecular weight excluding hydrogens is 264 g/mol. The van der Waals surface area contributed by atoms with Gasteiger partial charge in [0.2, 0.25) is 0 Å². The molecule has 0 spiro atoms. The highest BCUT2D eigenvalue weighted by molar-refractivity contribution is 6.33. The predicted molar refractivity (Wildman–Crippen MR) is 71.7 cm³/mol. The molecule has 1 aromatic carbocycles. The number of aromatic nitrogens is 4. The highest BCUT2D eigenvalue weighted by Crippen LogP contribution is 2.20. The summed E-state index contributed by atoms with van der Waals surface area (Å²) in [7, 11) is 0. The summed E-state index contributed by atoms with van der Waals surface area (Å²) in [4.78, 5) is 23.5. The van der Waals surface area contributed by atoms with Gasteiger partial charge in [-0.15, -0.1) is 0 Å². The molecule has 0 aliphatic rings. The lowest BCUT2D eigenvalue weighted by Crippen LogP contribution is -1.96. The first-order chi connectivity index (χ1) is 9.16. The van der Waals surface area contributed by atoms with Crippen molar-refractivity contribution in [3.63, 3.8) is 0 Å². The first-order valence-corrected chi connectivity index (χ1v) is 5.99. The number of Topliss-reactive ketones (excluding diaryl/α,β-unsaturated/α-hetero) is 1. The molecule has 0 radical (unpaired) electrons. The van der Waals surface area contributed by atoms with Gasteiger partial charge in [0.25, 0.3) is 0 Å². The van der Waals surface area contributed by atoms with Gasteiger partial charge in [-0.1, -0.05) is 11.6 Å². The number of ketones is 1. The van der Waals surface area contributed by atoms with Gasteiger partial charge in [0.1, 0.15) is 18.2 Å². The zero-order valence-electron chi connectivity index (χ0n) is 10.0. The second-order valence-corrected chi connectivity index (χ2v) is 4.41. The molecule has 0 fully saturated rings. The Morgan fingerprint density at radius 3 is 2.58 bits per heavy atom. The van der Waals surface area contributed by atoms with Crippen molar-refractivity contribution in [1.29, 1.82) is 0 Å². The van der Waals surface area contributed by atoms with Gasteiger partial charge in [0.05, 0.1) is 0 Å². The maximum atomic E-state index is 11.2. The number of hydrogen-bond donors (Lipinski definition) is 0. The van der Waals surface area contributed by atoms with Crippen molar-refractivity contribution in [2.75, 3.05) is 0 Å².